The van der Waals surface area contributed by atoms with Gasteiger partial charge >= 0.3 is 0 Å². The predicted molar refractivity (Wildman–Crippen MR) is 60.5 cm³/mol. The monoisotopic (exact) mass is 199 g/mol. The molecule has 0 aromatic rings. The molecule has 1 saturated heterocycles. The van der Waals surface area contributed by atoms with Gasteiger partial charge < -0.3 is 10.1 Å². The Labute approximate surface area is 88.4 Å². The molecule has 2 rings (SSSR count). The van der Waals surface area contributed by atoms with Crippen molar-refractivity contribution in [3.05, 3.63) is 0 Å². The lowest BCUT2D eigenvalue weighted by atomic mass is 9.87. The van der Waals surface area contributed by atoms with Crippen molar-refractivity contribution in [2.75, 3.05) is 13.2 Å². The molecule has 0 spiro atoms. The molecule has 0 amide bonds. The Balaban J connectivity index is 0.000000461. The maximum atomic E-state index is 5.14. The molecule has 2 nitrogen and oxygen atoms in total. The summed E-state index contributed by atoms with van der Waals surface area (Å²) in [4.78, 5) is 0. The SMILES string of the molecule is CC.CC1CCC(NC2COC2)CC1. The molecule has 0 radical (unpaired) electrons. The number of hydrogen-bond acceptors (Lipinski definition) is 2. The summed E-state index contributed by atoms with van der Waals surface area (Å²) < 4.78 is 5.14. The van der Waals surface area contributed by atoms with Crippen LogP contribution in [0.1, 0.15) is 46.5 Å². The van der Waals surface area contributed by atoms with Crippen LogP contribution in [0.15, 0.2) is 0 Å². The van der Waals surface area contributed by atoms with E-state index in [9.17, 15) is 0 Å². The fraction of sp³-hybridized carbons (Fsp3) is 1.00. The van der Waals surface area contributed by atoms with E-state index < -0.39 is 0 Å². The third-order valence-corrected chi connectivity index (χ3v) is 3.13. The minimum absolute atomic E-state index is 0.670. The van der Waals surface area contributed by atoms with Gasteiger partial charge in [0.1, 0.15) is 0 Å². The number of rotatable bonds is 2. The summed E-state index contributed by atoms with van der Waals surface area (Å²) in [6.45, 7) is 8.24. The van der Waals surface area contributed by atoms with E-state index in [1.54, 1.807) is 0 Å². The normalized spacial score (nSPS) is 32.8. The van der Waals surface area contributed by atoms with Crippen LogP contribution in [0.4, 0.5) is 0 Å². The van der Waals surface area contributed by atoms with Crippen molar-refractivity contribution in [1.82, 2.24) is 5.32 Å². The number of nitrogens with one attached hydrogen (secondary N) is 1. The molecule has 1 saturated carbocycles. The first-order chi connectivity index (χ1) is 6.84. The molecule has 14 heavy (non-hydrogen) atoms. The lowest BCUT2D eigenvalue weighted by molar-refractivity contribution is -0.0125. The third-order valence-electron chi connectivity index (χ3n) is 3.13. The van der Waals surface area contributed by atoms with Crippen LogP contribution in [-0.4, -0.2) is 25.3 Å². The van der Waals surface area contributed by atoms with Gasteiger partial charge in [-0.2, -0.15) is 0 Å². The molecule has 2 aliphatic rings. The first-order valence-corrected chi connectivity index (χ1v) is 6.18. The van der Waals surface area contributed by atoms with Crippen molar-refractivity contribution >= 4 is 0 Å². The average molecular weight is 199 g/mol. The van der Waals surface area contributed by atoms with Crippen LogP contribution in [0.25, 0.3) is 0 Å². The fourth-order valence-corrected chi connectivity index (χ4v) is 2.09. The molecule has 1 aliphatic carbocycles. The van der Waals surface area contributed by atoms with E-state index >= 15 is 0 Å². The van der Waals surface area contributed by atoms with E-state index in [0.717, 1.165) is 25.2 Å². The molecule has 1 aliphatic heterocycles. The predicted octanol–water partition coefficient (Wildman–Crippen LogP) is 2.58. The maximum Gasteiger partial charge on any atom is 0.0643 e. The highest BCUT2D eigenvalue weighted by Gasteiger charge is 2.24. The van der Waals surface area contributed by atoms with Gasteiger partial charge in [0.25, 0.3) is 0 Å². The summed E-state index contributed by atoms with van der Waals surface area (Å²) in [6, 6.07) is 1.46. The number of ether oxygens (including phenoxy) is 1. The highest BCUT2D eigenvalue weighted by atomic mass is 16.5. The Bertz CT molecular complexity index is 137. The molecular weight excluding hydrogens is 174 g/mol. The standard InChI is InChI=1S/C10H19NO.C2H6/c1-8-2-4-9(5-3-8)11-10-6-12-7-10;1-2/h8-11H,2-7H2,1H3;1-2H3. The van der Waals surface area contributed by atoms with Crippen molar-refractivity contribution in [1.29, 1.82) is 0 Å². The topological polar surface area (TPSA) is 21.3 Å². The Kier molecular flexibility index (Phi) is 5.49. The lowest BCUT2D eigenvalue weighted by Crippen LogP contribution is -2.51. The van der Waals surface area contributed by atoms with E-state index in [0.29, 0.717) is 6.04 Å². The van der Waals surface area contributed by atoms with E-state index in [1.165, 1.54) is 25.7 Å². The second-order valence-electron chi connectivity index (χ2n) is 4.36. The third kappa shape index (κ3) is 3.58. The zero-order valence-electron chi connectivity index (χ0n) is 9.88. The van der Waals surface area contributed by atoms with Crippen molar-refractivity contribution in [3.8, 4) is 0 Å². The van der Waals surface area contributed by atoms with Gasteiger partial charge in [0, 0.05) is 6.04 Å². The molecule has 0 unspecified atom stereocenters. The van der Waals surface area contributed by atoms with Crippen LogP contribution >= 0.6 is 0 Å². The Morgan fingerprint density at radius 3 is 1.93 bits per heavy atom. The van der Waals surface area contributed by atoms with Crippen LogP contribution in [0.3, 0.4) is 0 Å². The van der Waals surface area contributed by atoms with Crippen LogP contribution < -0.4 is 5.32 Å². The maximum absolute atomic E-state index is 5.14. The molecule has 1 N–H and O–H groups in total. The van der Waals surface area contributed by atoms with E-state index in [1.807, 2.05) is 13.8 Å². The summed E-state index contributed by atoms with van der Waals surface area (Å²) in [5, 5.41) is 3.65. The second kappa shape index (κ2) is 6.41. The molecule has 2 heteroatoms. The molecule has 0 aromatic heterocycles. The molecule has 0 atom stereocenters. The first-order valence-electron chi connectivity index (χ1n) is 6.18. The second-order valence-corrected chi connectivity index (χ2v) is 4.36. The summed E-state index contributed by atoms with van der Waals surface area (Å²) in [5.41, 5.74) is 0. The highest BCUT2D eigenvalue weighted by Crippen LogP contribution is 2.24. The Hall–Kier alpha value is -0.0800. The summed E-state index contributed by atoms with van der Waals surface area (Å²) >= 11 is 0. The summed E-state index contributed by atoms with van der Waals surface area (Å²) in [6.07, 6.45) is 5.56. The first kappa shape index (κ1) is 12.0. The number of hydrogen-bond donors (Lipinski definition) is 1. The van der Waals surface area contributed by atoms with Gasteiger partial charge in [-0.1, -0.05) is 20.8 Å². The average Bonchev–Trinajstić information content (AvgIpc) is 2.17. The van der Waals surface area contributed by atoms with Crippen LogP contribution in [0.5, 0.6) is 0 Å². The minimum atomic E-state index is 0.670. The fourth-order valence-electron chi connectivity index (χ4n) is 2.09. The van der Waals surface area contributed by atoms with Gasteiger partial charge in [-0.3, -0.25) is 0 Å². The minimum Gasteiger partial charge on any atom is -0.378 e. The van der Waals surface area contributed by atoms with Gasteiger partial charge in [-0.15, -0.1) is 0 Å². The smallest absolute Gasteiger partial charge is 0.0643 e. The van der Waals surface area contributed by atoms with Crippen molar-refractivity contribution in [2.24, 2.45) is 5.92 Å². The molecule has 0 bridgehead atoms. The van der Waals surface area contributed by atoms with E-state index in [-0.39, 0.29) is 0 Å². The van der Waals surface area contributed by atoms with Gasteiger partial charge in [-0.05, 0) is 31.6 Å². The zero-order chi connectivity index (χ0) is 10.4. The molecule has 2 fully saturated rings. The Morgan fingerprint density at radius 1 is 0.929 bits per heavy atom. The van der Waals surface area contributed by atoms with Crippen LogP contribution in [0.2, 0.25) is 0 Å². The van der Waals surface area contributed by atoms with Gasteiger partial charge in [0.2, 0.25) is 0 Å². The molecular formula is C12H25NO. The Morgan fingerprint density at radius 2 is 1.50 bits per heavy atom. The van der Waals surface area contributed by atoms with Crippen molar-refractivity contribution < 1.29 is 4.74 Å². The van der Waals surface area contributed by atoms with Crippen molar-refractivity contribution in [3.63, 3.8) is 0 Å². The highest BCUT2D eigenvalue weighted by molar-refractivity contribution is 4.81. The quantitative estimate of drug-likeness (QED) is 0.738. The summed E-state index contributed by atoms with van der Waals surface area (Å²) in [7, 11) is 0. The van der Waals surface area contributed by atoms with E-state index in [2.05, 4.69) is 12.2 Å². The van der Waals surface area contributed by atoms with Crippen LogP contribution in [-0.2, 0) is 4.74 Å². The van der Waals surface area contributed by atoms with Crippen LogP contribution in [0, 0.1) is 5.92 Å². The van der Waals surface area contributed by atoms with Gasteiger partial charge in [0.05, 0.1) is 19.3 Å². The van der Waals surface area contributed by atoms with Gasteiger partial charge in [0.15, 0.2) is 0 Å². The van der Waals surface area contributed by atoms with E-state index in [4.69, 9.17) is 4.74 Å². The van der Waals surface area contributed by atoms with Crippen molar-refractivity contribution in [2.45, 2.75) is 58.5 Å². The largest absolute Gasteiger partial charge is 0.378 e. The summed E-state index contributed by atoms with van der Waals surface area (Å²) in [5.74, 6) is 0.959. The molecule has 1 heterocycles. The zero-order valence-corrected chi connectivity index (χ0v) is 9.88. The lowest BCUT2D eigenvalue weighted by Gasteiger charge is -2.34. The van der Waals surface area contributed by atoms with Gasteiger partial charge in [-0.25, -0.2) is 0 Å². The molecule has 84 valence electrons. The molecule has 0 aromatic carbocycles.